The number of hydrogen-bond acceptors (Lipinski definition) is 2. The molecule has 0 aromatic heterocycles. The fourth-order valence-electron chi connectivity index (χ4n) is 2.47. The van der Waals surface area contributed by atoms with Crippen molar-refractivity contribution in [2.24, 2.45) is 5.92 Å². The lowest BCUT2D eigenvalue weighted by molar-refractivity contribution is -0.116. The summed E-state index contributed by atoms with van der Waals surface area (Å²) in [5, 5.41) is 2.85. The number of allylic oxidation sites excluding steroid dienone is 3. The number of nitrogens with one attached hydrogen (secondary N) is 1. The summed E-state index contributed by atoms with van der Waals surface area (Å²) in [7, 11) is 0. The van der Waals surface area contributed by atoms with Gasteiger partial charge in [0.15, 0.2) is 0 Å². The molecule has 1 N–H and O–H groups in total. The zero-order valence-corrected chi connectivity index (χ0v) is 16.7. The van der Waals surface area contributed by atoms with Crippen molar-refractivity contribution in [1.82, 2.24) is 5.32 Å². The Hall–Kier alpha value is -2.31. The van der Waals surface area contributed by atoms with E-state index in [-0.39, 0.29) is 12.0 Å². The van der Waals surface area contributed by atoms with Crippen molar-refractivity contribution in [3.8, 4) is 12.3 Å². The monoisotopic (exact) mass is 367 g/mol. The van der Waals surface area contributed by atoms with E-state index < -0.39 is 0 Å². The van der Waals surface area contributed by atoms with Crippen LogP contribution in [0.4, 0.5) is 0 Å². The number of carbonyl (C=O) groups excluding carboxylic acids is 1. The van der Waals surface area contributed by atoms with Crippen LogP contribution in [-0.4, -0.2) is 19.1 Å². The van der Waals surface area contributed by atoms with Gasteiger partial charge in [0.1, 0.15) is 6.10 Å². The molecule has 27 heavy (non-hydrogen) atoms. The number of ether oxygens (including phenoxy) is 1. The highest BCUT2D eigenvalue weighted by Gasteiger charge is 2.06. The number of unbranched alkanes of at least 4 members (excludes halogenated alkanes) is 4. The molecule has 0 spiro atoms. The van der Waals surface area contributed by atoms with Crippen LogP contribution >= 0.6 is 0 Å². The Bertz CT molecular complexity index is 611. The Labute approximate surface area is 164 Å². The standard InChI is InChI=1S/C24H33NO2/c1-4-23(22-16-12-11-13-17-22)27-19-15-10-8-6-5-7-9-14-18-24(26)25-20-21(2)3/h1,7,9,11-14,16-18,21,23H,5-6,8,10,15,19-20H2,2-3H3,(H,25,26)/b9-7+,18-14+. The highest BCUT2D eigenvalue weighted by atomic mass is 16.5. The van der Waals surface area contributed by atoms with E-state index in [1.165, 1.54) is 6.42 Å². The van der Waals surface area contributed by atoms with Crippen molar-refractivity contribution < 1.29 is 9.53 Å². The molecule has 0 aliphatic rings. The smallest absolute Gasteiger partial charge is 0.243 e. The molecule has 1 aromatic rings. The van der Waals surface area contributed by atoms with E-state index in [0.29, 0.717) is 19.1 Å². The second kappa shape index (κ2) is 14.8. The van der Waals surface area contributed by atoms with Crippen LogP contribution in [-0.2, 0) is 9.53 Å². The van der Waals surface area contributed by atoms with E-state index in [0.717, 1.165) is 31.2 Å². The summed E-state index contributed by atoms with van der Waals surface area (Å²) in [6.45, 7) is 5.55. The molecule has 3 heteroatoms. The van der Waals surface area contributed by atoms with Gasteiger partial charge in [-0.3, -0.25) is 4.79 Å². The van der Waals surface area contributed by atoms with Crippen LogP contribution in [0.3, 0.4) is 0 Å². The highest BCUT2D eigenvalue weighted by molar-refractivity contribution is 5.87. The van der Waals surface area contributed by atoms with Crippen LogP contribution in [0.15, 0.2) is 54.6 Å². The molecule has 0 fully saturated rings. The van der Waals surface area contributed by atoms with E-state index in [9.17, 15) is 4.79 Å². The number of carbonyl (C=O) groups is 1. The zero-order chi connectivity index (χ0) is 19.7. The molecule has 0 saturated carbocycles. The number of benzene rings is 1. The third-order valence-corrected chi connectivity index (χ3v) is 3.98. The minimum Gasteiger partial charge on any atom is -0.361 e. The fraction of sp³-hybridized carbons (Fsp3) is 0.458. The summed E-state index contributed by atoms with van der Waals surface area (Å²) in [6, 6.07) is 9.93. The van der Waals surface area contributed by atoms with Crippen LogP contribution in [0.2, 0.25) is 0 Å². The van der Waals surface area contributed by atoms with Crippen molar-refractivity contribution in [1.29, 1.82) is 0 Å². The first kappa shape index (κ1) is 22.7. The molecular weight excluding hydrogens is 334 g/mol. The van der Waals surface area contributed by atoms with Crippen molar-refractivity contribution in [3.05, 3.63) is 60.2 Å². The van der Waals surface area contributed by atoms with Gasteiger partial charge in [0.25, 0.3) is 0 Å². The average molecular weight is 368 g/mol. The summed E-state index contributed by atoms with van der Waals surface area (Å²) >= 11 is 0. The molecule has 0 radical (unpaired) electrons. The summed E-state index contributed by atoms with van der Waals surface area (Å²) in [5.41, 5.74) is 1.04. The lowest BCUT2D eigenvalue weighted by Gasteiger charge is -2.12. The molecule has 1 unspecified atom stereocenters. The molecule has 3 nitrogen and oxygen atoms in total. The van der Waals surface area contributed by atoms with Gasteiger partial charge < -0.3 is 10.1 Å². The van der Waals surface area contributed by atoms with Crippen molar-refractivity contribution in [2.45, 2.75) is 52.1 Å². The molecule has 1 rings (SSSR count). The molecule has 1 aromatic carbocycles. The predicted octanol–water partition coefficient (Wildman–Crippen LogP) is 5.21. The van der Waals surface area contributed by atoms with Gasteiger partial charge in [-0.05, 0) is 30.7 Å². The first-order valence-corrected chi connectivity index (χ1v) is 9.87. The molecule has 0 saturated heterocycles. The van der Waals surface area contributed by atoms with Crippen molar-refractivity contribution in [2.75, 3.05) is 13.2 Å². The van der Waals surface area contributed by atoms with Crippen LogP contribution in [0, 0.1) is 18.3 Å². The Kier molecular flexibility index (Phi) is 12.5. The molecule has 1 amide bonds. The van der Waals surface area contributed by atoms with Crippen LogP contribution < -0.4 is 5.32 Å². The van der Waals surface area contributed by atoms with Gasteiger partial charge in [-0.2, -0.15) is 0 Å². The average Bonchev–Trinajstić information content (AvgIpc) is 2.68. The zero-order valence-electron chi connectivity index (χ0n) is 16.7. The van der Waals surface area contributed by atoms with Gasteiger partial charge in [0.05, 0.1) is 0 Å². The van der Waals surface area contributed by atoms with Crippen LogP contribution in [0.5, 0.6) is 0 Å². The second-order valence-electron chi connectivity index (χ2n) is 6.96. The van der Waals surface area contributed by atoms with Gasteiger partial charge in [0, 0.05) is 19.2 Å². The Morgan fingerprint density at radius 1 is 1.15 bits per heavy atom. The third kappa shape index (κ3) is 11.8. The second-order valence-corrected chi connectivity index (χ2v) is 6.96. The highest BCUT2D eigenvalue weighted by Crippen LogP contribution is 2.16. The minimum absolute atomic E-state index is 0.0332. The van der Waals surface area contributed by atoms with Gasteiger partial charge in [-0.15, -0.1) is 6.42 Å². The largest absolute Gasteiger partial charge is 0.361 e. The maximum absolute atomic E-state index is 11.5. The van der Waals surface area contributed by atoms with Gasteiger partial charge in [-0.25, -0.2) is 0 Å². The maximum atomic E-state index is 11.5. The predicted molar refractivity (Wildman–Crippen MR) is 113 cm³/mol. The molecular formula is C24H33NO2. The third-order valence-electron chi connectivity index (χ3n) is 3.98. The molecule has 0 bridgehead atoms. The summed E-state index contributed by atoms with van der Waals surface area (Å²) in [5.74, 6) is 3.14. The van der Waals surface area contributed by atoms with E-state index in [2.05, 4.69) is 31.2 Å². The van der Waals surface area contributed by atoms with Crippen molar-refractivity contribution >= 4 is 5.91 Å². The fourth-order valence-corrected chi connectivity index (χ4v) is 2.47. The van der Waals surface area contributed by atoms with Crippen molar-refractivity contribution in [3.63, 3.8) is 0 Å². The number of terminal acetylenes is 1. The minimum atomic E-state index is -0.251. The Balaban J connectivity index is 2.02. The van der Waals surface area contributed by atoms with Gasteiger partial charge in [-0.1, -0.05) is 81.2 Å². The van der Waals surface area contributed by atoms with Gasteiger partial charge >= 0.3 is 0 Å². The summed E-state index contributed by atoms with van der Waals surface area (Å²) in [4.78, 5) is 11.5. The number of hydrogen-bond donors (Lipinski definition) is 1. The number of amides is 1. The number of rotatable bonds is 13. The quantitative estimate of drug-likeness (QED) is 0.225. The normalized spacial score (nSPS) is 12.5. The maximum Gasteiger partial charge on any atom is 0.243 e. The molecule has 146 valence electrons. The topological polar surface area (TPSA) is 38.3 Å². The first-order chi connectivity index (χ1) is 13.1. The molecule has 0 aliphatic carbocycles. The summed E-state index contributed by atoms with van der Waals surface area (Å²) in [6.07, 6.45) is 18.2. The van der Waals surface area contributed by atoms with E-state index >= 15 is 0 Å². The molecule has 0 heterocycles. The summed E-state index contributed by atoms with van der Waals surface area (Å²) < 4.78 is 5.80. The Morgan fingerprint density at radius 2 is 1.89 bits per heavy atom. The van der Waals surface area contributed by atoms with Gasteiger partial charge in [0.2, 0.25) is 5.91 Å². The first-order valence-electron chi connectivity index (χ1n) is 9.87. The molecule has 0 aliphatic heterocycles. The Morgan fingerprint density at radius 3 is 2.59 bits per heavy atom. The molecule has 1 atom stereocenters. The lowest BCUT2D eigenvalue weighted by Crippen LogP contribution is -2.25. The van der Waals surface area contributed by atoms with Crippen LogP contribution in [0.1, 0.15) is 57.6 Å². The van der Waals surface area contributed by atoms with Crippen LogP contribution in [0.25, 0.3) is 0 Å². The van der Waals surface area contributed by atoms with E-state index in [4.69, 9.17) is 11.2 Å². The SMILES string of the molecule is C#CC(OCCCCCC/C=C/C=C/C(=O)NCC(C)C)c1ccccc1. The lowest BCUT2D eigenvalue weighted by atomic mass is 10.1. The van der Waals surface area contributed by atoms with E-state index in [1.807, 2.05) is 36.4 Å². The van der Waals surface area contributed by atoms with E-state index in [1.54, 1.807) is 12.2 Å².